The van der Waals surface area contributed by atoms with E-state index in [-0.39, 0.29) is 16.5 Å². The number of ether oxygens (including phenoxy) is 1. The highest BCUT2D eigenvalue weighted by Gasteiger charge is 2.25. The molecule has 0 bridgehead atoms. The number of methoxy groups -OCH3 is 1. The van der Waals surface area contributed by atoms with E-state index in [1.54, 1.807) is 7.11 Å². The lowest BCUT2D eigenvalue weighted by Gasteiger charge is -2.19. The van der Waals surface area contributed by atoms with Crippen molar-refractivity contribution in [1.29, 1.82) is 0 Å². The molecule has 8 heteroatoms. The zero-order valence-corrected chi connectivity index (χ0v) is 15.3. The summed E-state index contributed by atoms with van der Waals surface area (Å²) in [5, 5.41) is 12.2. The second-order valence-corrected chi connectivity index (χ2v) is 7.93. The van der Waals surface area contributed by atoms with Gasteiger partial charge in [0.2, 0.25) is 10.0 Å². The van der Waals surface area contributed by atoms with E-state index >= 15 is 0 Å². The van der Waals surface area contributed by atoms with E-state index in [9.17, 15) is 18.3 Å². The van der Waals surface area contributed by atoms with E-state index in [0.29, 0.717) is 18.8 Å². The third-order valence-corrected chi connectivity index (χ3v) is 5.88. The van der Waals surface area contributed by atoms with Gasteiger partial charge in [-0.1, -0.05) is 25.7 Å². The molecule has 140 valence electrons. The zero-order chi connectivity index (χ0) is 18.3. The fourth-order valence-corrected chi connectivity index (χ4v) is 4.50. The van der Waals surface area contributed by atoms with Crippen molar-refractivity contribution in [2.75, 3.05) is 25.6 Å². The molecular formula is C17H26N2O5S. The fraction of sp³-hybridized carbons (Fsp3) is 0.588. The van der Waals surface area contributed by atoms with Crippen LogP contribution in [0.5, 0.6) is 0 Å². The van der Waals surface area contributed by atoms with Crippen molar-refractivity contribution in [3.05, 3.63) is 23.8 Å². The Balaban J connectivity index is 2.27. The quantitative estimate of drug-likeness (QED) is 0.479. The van der Waals surface area contributed by atoms with Crippen molar-refractivity contribution in [1.82, 2.24) is 4.72 Å². The molecule has 0 saturated heterocycles. The van der Waals surface area contributed by atoms with Crippen molar-refractivity contribution >= 4 is 21.7 Å². The van der Waals surface area contributed by atoms with E-state index in [4.69, 9.17) is 4.74 Å². The number of anilines is 1. The molecule has 0 spiro atoms. The highest BCUT2D eigenvalue weighted by molar-refractivity contribution is 7.89. The highest BCUT2D eigenvalue weighted by Crippen LogP contribution is 2.25. The largest absolute Gasteiger partial charge is 0.478 e. The molecule has 0 aliphatic heterocycles. The summed E-state index contributed by atoms with van der Waals surface area (Å²) < 4.78 is 33.5. The third kappa shape index (κ3) is 5.69. The number of hydrogen-bond acceptors (Lipinski definition) is 5. The highest BCUT2D eigenvalue weighted by atomic mass is 32.2. The van der Waals surface area contributed by atoms with Crippen LogP contribution >= 0.6 is 0 Å². The predicted octanol–water partition coefficient (Wildman–Crippen LogP) is 2.44. The van der Waals surface area contributed by atoms with E-state index < -0.39 is 16.0 Å². The summed E-state index contributed by atoms with van der Waals surface area (Å²) in [6, 6.07) is 3.98. The molecule has 0 aromatic heterocycles. The molecule has 7 nitrogen and oxygen atoms in total. The molecule has 3 N–H and O–H groups in total. The molecule has 1 aromatic carbocycles. The number of carboxylic acid groups (broad SMARTS) is 1. The van der Waals surface area contributed by atoms with Crippen LogP contribution in [0.2, 0.25) is 0 Å². The van der Waals surface area contributed by atoms with Crippen molar-refractivity contribution < 1.29 is 23.1 Å². The molecule has 0 atom stereocenters. The van der Waals surface area contributed by atoms with Gasteiger partial charge in [0.05, 0.1) is 17.9 Å². The van der Waals surface area contributed by atoms with Gasteiger partial charge in [-0.3, -0.25) is 0 Å². The van der Waals surface area contributed by atoms with Crippen LogP contribution in [0, 0.1) is 0 Å². The Morgan fingerprint density at radius 2 is 1.92 bits per heavy atom. The lowest BCUT2D eigenvalue weighted by molar-refractivity contribution is 0.0696. The molecule has 1 aromatic rings. The maximum absolute atomic E-state index is 12.9. The first-order valence-corrected chi connectivity index (χ1v) is 10.0. The van der Waals surface area contributed by atoms with Gasteiger partial charge < -0.3 is 15.2 Å². The molecule has 1 fully saturated rings. The Morgan fingerprint density at radius 1 is 1.24 bits per heavy atom. The molecule has 1 aliphatic carbocycles. The van der Waals surface area contributed by atoms with E-state index in [0.717, 1.165) is 38.5 Å². The number of nitrogens with one attached hydrogen (secondary N) is 2. The Hall–Kier alpha value is -1.64. The Kier molecular flexibility index (Phi) is 7.22. The lowest BCUT2D eigenvalue weighted by Crippen LogP contribution is -2.35. The Morgan fingerprint density at radius 3 is 2.52 bits per heavy atom. The van der Waals surface area contributed by atoms with Gasteiger partial charge in [0.1, 0.15) is 4.90 Å². The van der Waals surface area contributed by atoms with Gasteiger partial charge in [0, 0.05) is 19.7 Å². The van der Waals surface area contributed by atoms with Crippen molar-refractivity contribution in [3.8, 4) is 0 Å². The summed E-state index contributed by atoms with van der Waals surface area (Å²) >= 11 is 0. The number of hydrogen-bond donors (Lipinski definition) is 3. The van der Waals surface area contributed by atoms with Crippen LogP contribution in [0.1, 0.15) is 48.9 Å². The summed E-state index contributed by atoms with van der Waals surface area (Å²) in [7, 11) is -2.26. The SMILES string of the molecule is COCCNc1ccc(C(=O)O)cc1S(=O)(=O)NC1CCCCCC1. The maximum Gasteiger partial charge on any atom is 0.335 e. The number of benzene rings is 1. The van der Waals surface area contributed by atoms with Crippen LogP contribution in [-0.2, 0) is 14.8 Å². The number of carboxylic acids is 1. The summed E-state index contributed by atoms with van der Waals surface area (Å²) in [4.78, 5) is 11.2. The normalized spacial score (nSPS) is 16.4. The number of sulfonamides is 1. The minimum atomic E-state index is -3.82. The van der Waals surface area contributed by atoms with Crippen LogP contribution < -0.4 is 10.0 Å². The summed E-state index contributed by atoms with van der Waals surface area (Å²) in [5.41, 5.74) is 0.321. The molecule has 25 heavy (non-hydrogen) atoms. The molecular weight excluding hydrogens is 344 g/mol. The molecule has 0 heterocycles. The van der Waals surface area contributed by atoms with Gasteiger partial charge >= 0.3 is 5.97 Å². The van der Waals surface area contributed by atoms with Crippen molar-refractivity contribution in [2.45, 2.75) is 49.5 Å². The molecule has 1 aliphatic rings. The van der Waals surface area contributed by atoms with E-state index in [1.165, 1.54) is 18.2 Å². The molecule has 2 rings (SSSR count). The van der Waals surface area contributed by atoms with Gasteiger partial charge in [-0.15, -0.1) is 0 Å². The number of aromatic carboxylic acids is 1. The van der Waals surface area contributed by atoms with Crippen LogP contribution in [0.3, 0.4) is 0 Å². The fourth-order valence-electron chi connectivity index (χ4n) is 2.99. The molecule has 1 saturated carbocycles. The summed E-state index contributed by atoms with van der Waals surface area (Å²) in [6.07, 6.45) is 5.87. The molecule has 0 unspecified atom stereocenters. The second kappa shape index (κ2) is 9.17. The first-order chi connectivity index (χ1) is 11.9. The standard InChI is InChI=1S/C17H26N2O5S/c1-24-11-10-18-15-9-8-13(17(20)21)12-16(15)25(22,23)19-14-6-4-2-3-5-7-14/h8-9,12,14,18-19H,2-7,10-11H2,1H3,(H,20,21). The number of rotatable bonds is 8. The van der Waals surface area contributed by atoms with Gasteiger partial charge in [-0.2, -0.15) is 0 Å². The van der Waals surface area contributed by atoms with Gasteiger partial charge in [-0.25, -0.2) is 17.9 Å². The Labute approximate surface area is 148 Å². The monoisotopic (exact) mass is 370 g/mol. The third-order valence-electron chi connectivity index (χ3n) is 4.32. The average molecular weight is 370 g/mol. The van der Waals surface area contributed by atoms with E-state index in [1.807, 2.05) is 0 Å². The number of carbonyl (C=O) groups is 1. The summed E-state index contributed by atoms with van der Waals surface area (Å²) in [6.45, 7) is 0.838. The second-order valence-electron chi connectivity index (χ2n) is 6.25. The van der Waals surface area contributed by atoms with Crippen molar-refractivity contribution in [3.63, 3.8) is 0 Å². The lowest BCUT2D eigenvalue weighted by atomic mass is 10.1. The average Bonchev–Trinajstić information content (AvgIpc) is 2.83. The van der Waals surface area contributed by atoms with Gasteiger partial charge in [0.25, 0.3) is 0 Å². The van der Waals surface area contributed by atoms with Crippen LogP contribution in [0.15, 0.2) is 23.1 Å². The smallest absolute Gasteiger partial charge is 0.335 e. The topological polar surface area (TPSA) is 105 Å². The minimum absolute atomic E-state index is 0.0345. The zero-order valence-electron chi connectivity index (χ0n) is 14.5. The Bertz CT molecular complexity index is 682. The first kappa shape index (κ1) is 19.7. The maximum atomic E-state index is 12.9. The first-order valence-electron chi connectivity index (χ1n) is 8.56. The van der Waals surface area contributed by atoms with Crippen LogP contribution in [0.25, 0.3) is 0 Å². The molecule has 0 radical (unpaired) electrons. The van der Waals surface area contributed by atoms with Crippen LogP contribution in [0.4, 0.5) is 5.69 Å². The summed E-state index contributed by atoms with van der Waals surface area (Å²) in [5.74, 6) is -1.16. The van der Waals surface area contributed by atoms with E-state index in [2.05, 4.69) is 10.0 Å². The van der Waals surface area contributed by atoms with Gasteiger partial charge in [-0.05, 0) is 31.0 Å². The van der Waals surface area contributed by atoms with Crippen LogP contribution in [-0.4, -0.2) is 45.8 Å². The predicted molar refractivity (Wildman–Crippen MR) is 95.6 cm³/mol. The van der Waals surface area contributed by atoms with Gasteiger partial charge in [0.15, 0.2) is 0 Å². The molecule has 0 amide bonds. The van der Waals surface area contributed by atoms with Crippen molar-refractivity contribution in [2.24, 2.45) is 0 Å². The minimum Gasteiger partial charge on any atom is -0.478 e.